The van der Waals surface area contributed by atoms with Gasteiger partial charge in [-0.05, 0) is 38.5 Å². The maximum Gasteiger partial charge on any atom is 0.248 e. The third-order valence-corrected chi connectivity index (χ3v) is 8.34. The summed E-state index contributed by atoms with van der Waals surface area (Å²) in [5.41, 5.74) is -1.78. The number of amides is 3. The van der Waals surface area contributed by atoms with Gasteiger partial charge in [0.25, 0.3) is 0 Å². The van der Waals surface area contributed by atoms with E-state index in [0.29, 0.717) is 51.9 Å². The number of fused-ring (bicyclic) bond motifs is 1. The van der Waals surface area contributed by atoms with Crippen molar-refractivity contribution in [1.29, 1.82) is 0 Å². The summed E-state index contributed by atoms with van der Waals surface area (Å²) in [6.07, 6.45) is 8.20. The molecule has 8 heteroatoms. The molecule has 0 radical (unpaired) electrons. The Hall–Kier alpha value is -2.19. The Balaban J connectivity index is 2.08. The topological polar surface area (TPSA) is 90.4 Å². The van der Waals surface area contributed by atoms with Crippen LogP contribution in [0.2, 0.25) is 0 Å². The van der Waals surface area contributed by atoms with E-state index in [1.165, 1.54) is 0 Å². The van der Waals surface area contributed by atoms with Crippen LogP contribution in [0.3, 0.4) is 0 Å². The lowest BCUT2D eigenvalue weighted by molar-refractivity contribution is -0.155. The zero-order chi connectivity index (χ0) is 26.5. The van der Waals surface area contributed by atoms with Crippen LogP contribution in [0.25, 0.3) is 0 Å². The lowest BCUT2D eigenvalue weighted by atomic mass is 9.64. The molecule has 3 aliphatic heterocycles. The summed E-state index contributed by atoms with van der Waals surface area (Å²) >= 11 is 0. The lowest BCUT2D eigenvalue weighted by Gasteiger charge is -2.37. The standard InChI is InChI=1S/C28H45N3O5/c1-6-11-18-30(17-9-4)26(35)23-28-14-13-27(10-5,36-28)21(24(33)29(15-7-2)16-8-3)22(28)25(34)31(23)19-12-20-32/h7,9,21-23,32H,2,4,6,8,10-20H2,1,3,5H3/t21-,22-,23?,27+,28?/m0/s1. The van der Waals surface area contributed by atoms with E-state index in [1.807, 2.05) is 13.8 Å². The summed E-state index contributed by atoms with van der Waals surface area (Å²) in [5, 5.41) is 9.54. The Bertz CT molecular complexity index is 847. The van der Waals surface area contributed by atoms with Crippen molar-refractivity contribution >= 4 is 17.7 Å². The normalized spacial score (nSPS) is 30.4. The summed E-state index contributed by atoms with van der Waals surface area (Å²) < 4.78 is 6.84. The van der Waals surface area contributed by atoms with E-state index < -0.39 is 29.1 Å². The van der Waals surface area contributed by atoms with Gasteiger partial charge < -0.3 is 24.5 Å². The van der Waals surface area contributed by atoms with Crippen molar-refractivity contribution < 1.29 is 24.2 Å². The van der Waals surface area contributed by atoms with E-state index in [4.69, 9.17) is 4.74 Å². The predicted molar refractivity (Wildman–Crippen MR) is 139 cm³/mol. The molecule has 0 aromatic carbocycles. The van der Waals surface area contributed by atoms with Crippen molar-refractivity contribution in [2.45, 2.75) is 83.0 Å². The minimum Gasteiger partial charge on any atom is -0.396 e. The number of hydrogen-bond acceptors (Lipinski definition) is 5. The van der Waals surface area contributed by atoms with E-state index in [0.717, 1.165) is 19.3 Å². The second-order valence-electron chi connectivity index (χ2n) is 10.4. The van der Waals surface area contributed by atoms with Crippen LogP contribution in [0, 0.1) is 11.8 Å². The van der Waals surface area contributed by atoms with Gasteiger partial charge in [0.05, 0.1) is 17.4 Å². The Labute approximate surface area is 216 Å². The van der Waals surface area contributed by atoms with Gasteiger partial charge in [-0.3, -0.25) is 14.4 Å². The van der Waals surface area contributed by atoms with Crippen molar-refractivity contribution in [3.63, 3.8) is 0 Å². The number of aliphatic hydroxyl groups is 1. The number of aliphatic hydroxyl groups excluding tert-OH is 1. The van der Waals surface area contributed by atoms with Gasteiger partial charge in [-0.1, -0.05) is 39.3 Å². The summed E-state index contributed by atoms with van der Waals surface area (Å²) in [5.74, 6) is -1.75. The van der Waals surface area contributed by atoms with Crippen molar-refractivity contribution in [3.05, 3.63) is 25.3 Å². The smallest absolute Gasteiger partial charge is 0.248 e. The number of nitrogens with zero attached hydrogens (tertiary/aromatic N) is 3. The minimum atomic E-state index is -1.03. The fourth-order valence-corrected chi connectivity index (χ4v) is 6.74. The van der Waals surface area contributed by atoms with E-state index in [9.17, 15) is 19.5 Å². The molecule has 3 fully saturated rings. The van der Waals surface area contributed by atoms with Crippen LogP contribution in [-0.4, -0.2) is 94.1 Å². The highest BCUT2D eigenvalue weighted by atomic mass is 16.5. The highest BCUT2D eigenvalue weighted by Gasteiger charge is 2.78. The number of carbonyl (C=O) groups is 3. The molecular formula is C28H45N3O5. The van der Waals surface area contributed by atoms with Crippen LogP contribution in [0.5, 0.6) is 0 Å². The van der Waals surface area contributed by atoms with Crippen LogP contribution in [-0.2, 0) is 19.1 Å². The third kappa shape index (κ3) is 4.62. The molecule has 0 aromatic heterocycles. The van der Waals surface area contributed by atoms with Gasteiger partial charge in [0.15, 0.2) is 0 Å². The van der Waals surface area contributed by atoms with Crippen LogP contribution in [0.15, 0.2) is 25.3 Å². The van der Waals surface area contributed by atoms with Gasteiger partial charge in [0, 0.05) is 39.3 Å². The molecule has 3 saturated heterocycles. The second kappa shape index (κ2) is 11.9. The average Bonchev–Trinajstić information content (AvgIpc) is 3.48. The number of carbonyl (C=O) groups excluding carboxylic acids is 3. The molecule has 1 spiro atoms. The Morgan fingerprint density at radius 3 is 2.28 bits per heavy atom. The van der Waals surface area contributed by atoms with Crippen LogP contribution in [0.1, 0.15) is 65.7 Å². The number of likely N-dealkylation sites (tertiary alicyclic amines) is 1. The lowest BCUT2D eigenvalue weighted by Crippen LogP contribution is -2.56. The van der Waals surface area contributed by atoms with Crippen molar-refractivity contribution in [2.75, 3.05) is 39.3 Å². The van der Waals surface area contributed by atoms with Gasteiger partial charge >= 0.3 is 0 Å². The van der Waals surface area contributed by atoms with E-state index in [1.54, 1.807) is 26.9 Å². The van der Waals surface area contributed by atoms with Crippen molar-refractivity contribution in [3.8, 4) is 0 Å². The highest BCUT2D eigenvalue weighted by Crippen LogP contribution is 2.64. The summed E-state index contributed by atoms with van der Waals surface area (Å²) in [6, 6.07) is -0.802. The van der Waals surface area contributed by atoms with E-state index >= 15 is 0 Å². The second-order valence-corrected chi connectivity index (χ2v) is 10.4. The maximum atomic E-state index is 14.1. The molecule has 36 heavy (non-hydrogen) atoms. The molecule has 8 nitrogen and oxygen atoms in total. The molecule has 3 heterocycles. The molecular weight excluding hydrogens is 458 g/mol. The van der Waals surface area contributed by atoms with E-state index in [-0.39, 0.29) is 30.9 Å². The average molecular weight is 504 g/mol. The molecule has 3 rings (SSSR count). The first-order chi connectivity index (χ1) is 17.3. The fraction of sp³-hybridized carbons (Fsp3) is 0.750. The Morgan fingerprint density at radius 1 is 1.06 bits per heavy atom. The van der Waals surface area contributed by atoms with Crippen LogP contribution >= 0.6 is 0 Å². The number of unbranched alkanes of at least 4 members (excludes halogenated alkanes) is 1. The maximum absolute atomic E-state index is 14.1. The first-order valence-corrected chi connectivity index (χ1v) is 13.7. The number of rotatable bonds is 15. The highest BCUT2D eigenvalue weighted by molar-refractivity contribution is 5.99. The molecule has 5 atom stereocenters. The summed E-state index contributed by atoms with van der Waals surface area (Å²) in [7, 11) is 0. The third-order valence-electron chi connectivity index (χ3n) is 8.34. The monoisotopic (exact) mass is 503 g/mol. The van der Waals surface area contributed by atoms with Crippen molar-refractivity contribution in [1.82, 2.24) is 14.7 Å². The SMILES string of the molecule is C=CCN(CCCC)C(=O)C1N(CCCO)C(=O)[C@@H]2[C@@H](C(=O)N(CC=C)CCC)[C@@]3(CC)CCC12O3. The number of ether oxygens (including phenoxy) is 1. The zero-order valence-electron chi connectivity index (χ0n) is 22.4. The molecule has 0 saturated carbocycles. The van der Waals surface area contributed by atoms with Crippen LogP contribution in [0.4, 0.5) is 0 Å². The molecule has 0 aliphatic carbocycles. The first kappa shape index (κ1) is 28.4. The molecule has 3 amide bonds. The van der Waals surface area contributed by atoms with Gasteiger partial charge in [-0.2, -0.15) is 0 Å². The van der Waals surface area contributed by atoms with Gasteiger partial charge in [0.1, 0.15) is 11.6 Å². The molecule has 0 aromatic rings. The van der Waals surface area contributed by atoms with Gasteiger partial charge in [-0.15, -0.1) is 13.2 Å². The van der Waals surface area contributed by atoms with Gasteiger partial charge in [-0.25, -0.2) is 0 Å². The van der Waals surface area contributed by atoms with Crippen molar-refractivity contribution in [2.24, 2.45) is 11.8 Å². The minimum absolute atomic E-state index is 0.0809. The van der Waals surface area contributed by atoms with Crippen LogP contribution < -0.4 is 0 Å². The quantitative estimate of drug-likeness (QED) is 0.347. The molecule has 202 valence electrons. The number of hydrogen-bond donors (Lipinski definition) is 1. The van der Waals surface area contributed by atoms with E-state index in [2.05, 4.69) is 20.1 Å². The largest absolute Gasteiger partial charge is 0.396 e. The Kier molecular flexibility index (Phi) is 9.39. The first-order valence-electron chi connectivity index (χ1n) is 13.7. The molecule has 1 N–H and O–H groups in total. The van der Waals surface area contributed by atoms with Gasteiger partial charge in [0.2, 0.25) is 17.7 Å². The fourth-order valence-electron chi connectivity index (χ4n) is 6.74. The molecule has 2 unspecified atom stereocenters. The predicted octanol–water partition coefficient (Wildman–Crippen LogP) is 2.76. The Morgan fingerprint density at radius 2 is 1.72 bits per heavy atom. The zero-order valence-corrected chi connectivity index (χ0v) is 22.4. The molecule has 2 bridgehead atoms. The summed E-state index contributed by atoms with van der Waals surface area (Å²) in [4.78, 5) is 47.4. The summed E-state index contributed by atoms with van der Waals surface area (Å²) in [6.45, 7) is 15.9. The molecule has 3 aliphatic rings.